The van der Waals surface area contributed by atoms with Crippen LogP contribution >= 0.6 is 0 Å². The van der Waals surface area contributed by atoms with E-state index >= 15 is 0 Å². The summed E-state index contributed by atoms with van der Waals surface area (Å²) in [5.41, 5.74) is 6.91. The number of rotatable bonds is 6. The fraction of sp³-hybridized carbons (Fsp3) is 0.438. The molecule has 6 nitrogen and oxygen atoms in total. The summed E-state index contributed by atoms with van der Waals surface area (Å²) in [5.74, 6) is 1.20. The lowest BCUT2D eigenvalue weighted by atomic mass is 9.82. The highest BCUT2D eigenvalue weighted by Gasteiger charge is 2.34. The molecule has 0 spiro atoms. The Balaban J connectivity index is 1.65. The van der Waals surface area contributed by atoms with Gasteiger partial charge in [0.25, 0.3) is 0 Å². The Morgan fingerprint density at radius 1 is 1.36 bits per heavy atom. The molecule has 1 aliphatic carbocycles. The first-order valence-electron chi connectivity index (χ1n) is 7.48. The van der Waals surface area contributed by atoms with E-state index in [4.69, 9.17) is 15.0 Å². The first-order chi connectivity index (χ1) is 10.7. The third kappa shape index (κ3) is 3.17. The van der Waals surface area contributed by atoms with Gasteiger partial charge < -0.3 is 15.0 Å². The van der Waals surface area contributed by atoms with Gasteiger partial charge >= 0.3 is 0 Å². The van der Waals surface area contributed by atoms with Gasteiger partial charge in [-0.3, -0.25) is 4.79 Å². The molecule has 2 N–H and O–H groups in total. The van der Waals surface area contributed by atoms with E-state index in [1.165, 1.54) is 0 Å². The number of ether oxygens (including phenoxy) is 1. The molecular weight excluding hydrogens is 282 g/mol. The van der Waals surface area contributed by atoms with E-state index in [1.54, 1.807) is 0 Å². The van der Waals surface area contributed by atoms with Crippen molar-refractivity contribution in [3.8, 4) is 11.4 Å². The number of amides is 1. The molecule has 2 aromatic rings. The maximum absolute atomic E-state index is 10.9. The maximum Gasteiger partial charge on any atom is 0.230 e. The fourth-order valence-corrected chi connectivity index (χ4v) is 2.63. The number of hydrogen-bond donors (Lipinski definition) is 1. The van der Waals surface area contributed by atoms with Crippen LogP contribution < -0.4 is 5.73 Å². The van der Waals surface area contributed by atoms with Crippen LogP contribution in [0, 0.1) is 0 Å². The predicted octanol–water partition coefficient (Wildman–Crippen LogP) is 2.05. The minimum Gasteiger partial charge on any atom is -0.378 e. The number of primary amides is 1. The van der Waals surface area contributed by atoms with E-state index in [1.807, 2.05) is 31.2 Å². The summed E-state index contributed by atoms with van der Waals surface area (Å²) >= 11 is 0. The Morgan fingerprint density at radius 2 is 2.09 bits per heavy atom. The Kier molecular flexibility index (Phi) is 4.20. The zero-order valence-electron chi connectivity index (χ0n) is 12.5. The molecule has 22 heavy (non-hydrogen) atoms. The first kappa shape index (κ1) is 14.7. The van der Waals surface area contributed by atoms with Crippen molar-refractivity contribution < 1.29 is 14.1 Å². The van der Waals surface area contributed by atoms with Crippen molar-refractivity contribution in [1.29, 1.82) is 0 Å². The molecule has 0 radical (unpaired) electrons. The average Bonchev–Trinajstić information content (AvgIpc) is 2.92. The molecule has 1 aromatic heterocycles. The molecule has 1 fully saturated rings. The molecule has 6 heteroatoms. The van der Waals surface area contributed by atoms with E-state index < -0.39 is 0 Å². The van der Waals surface area contributed by atoms with Gasteiger partial charge in [-0.15, -0.1) is 0 Å². The Labute approximate surface area is 128 Å². The topological polar surface area (TPSA) is 91.2 Å². The van der Waals surface area contributed by atoms with Crippen LogP contribution in [0.25, 0.3) is 11.4 Å². The first-order valence-corrected chi connectivity index (χ1v) is 7.48. The lowest BCUT2D eigenvalue weighted by Gasteiger charge is -2.32. The molecule has 0 unspecified atom stereocenters. The lowest BCUT2D eigenvalue weighted by Crippen LogP contribution is -2.29. The minimum atomic E-state index is -0.344. The van der Waals surface area contributed by atoms with Crippen molar-refractivity contribution in [3.63, 3.8) is 0 Å². The van der Waals surface area contributed by atoms with Crippen LogP contribution in [0.15, 0.2) is 28.8 Å². The van der Waals surface area contributed by atoms with Crippen molar-refractivity contribution in [2.75, 3.05) is 6.61 Å². The largest absolute Gasteiger partial charge is 0.378 e. The van der Waals surface area contributed by atoms with Crippen LogP contribution in [0.5, 0.6) is 0 Å². The number of hydrogen-bond acceptors (Lipinski definition) is 5. The van der Waals surface area contributed by atoms with Crippen LogP contribution in [-0.4, -0.2) is 28.8 Å². The van der Waals surface area contributed by atoms with Gasteiger partial charge in [0, 0.05) is 18.1 Å². The third-order valence-corrected chi connectivity index (χ3v) is 3.88. The number of benzene rings is 1. The molecule has 1 heterocycles. The average molecular weight is 301 g/mol. The fourth-order valence-electron chi connectivity index (χ4n) is 2.63. The summed E-state index contributed by atoms with van der Waals surface area (Å²) in [7, 11) is 0. The summed E-state index contributed by atoms with van der Waals surface area (Å²) in [5, 5.41) is 4.03. The highest BCUT2D eigenvalue weighted by molar-refractivity contribution is 5.76. The lowest BCUT2D eigenvalue weighted by molar-refractivity contribution is -0.117. The van der Waals surface area contributed by atoms with Crippen LogP contribution in [-0.2, 0) is 16.0 Å². The summed E-state index contributed by atoms with van der Waals surface area (Å²) < 4.78 is 10.9. The predicted molar refractivity (Wildman–Crippen MR) is 80.0 cm³/mol. The van der Waals surface area contributed by atoms with Gasteiger partial charge in [0.05, 0.1) is 12.5 Å². The molecule has 1 saturated carbocycles. The molecule has 116 valence electrons. The van der Waals surface area contributed by atoms with Crippen LogP contribution in [0.4, 0.5) is 0 Å². The second kappa shape index (κ2) is 6.27. The molecule has 1 aliphatic rings. The normalized spacial score (nSPS) is 20.6. The Hall–Kier alpha value is -2.21. The van der Waals surface area contributed by atoms with E-state index in [-0.39, 0.29) is 12.3 Å². The maximum atomic E-state index is 10.9. The van der Waals surface area contributed by atoms with Crippen molar-refractivity contribution in [1.82, 2.24) is 10.1 Å². The van der Waals surface area contributed by atoms with Gasteiger partial charge in [-0.25, -0.2) is 0 Å². The zero-order valence-corrected chi connectivity index (χ0v) is 12.5. The van der Waals surface area contributed by atoms with Crippen molar-refractivity contribution in [2.24, 2.45) is 5.73 Å². The number of aromatic nitrogens is 2. The molecule has 1 aromatic carbocycles. The second-order valence-corrected chi connectivity index (χ2v) is 5.54. The minimum absolute atomic E-state index is 0.235. The highest BCUT2D eigenvalue weighted by atomic mass is 16.5. The van der Waals surface area contributed by atoms with Gasteiger partial charge in [-0.05, 0) is 25.3 Å². The highest BCUT2D eigenvalue weighted by Crippen LogP contribution is 2.38. The number of nitrogens with zero attached hydrogens (tertiary/aromatic N) is 2. The van der Waals surface area contributed by atoms with E-state index in [0.717, 1.165) is 30.6 Å². The molecular formula is C16H19N3O3. The SMILES string of the molecule is CCOC1CC(c2nc(-c3ccc(CC(N)=O)cc3)no2)C1. The molecule has 1 amide bonds. The Bertz CT molecular complexity index is 645. The van der Waals surface area contributed by atoms with Gasteiger partial charge in [0.1, 0.15) is 0 Å². The molecule has 3 rings (SSSR count). The van der Waals surface area contributed by atoms with E-state index in [0.29, 0.717) is 23.7 Å². The molecule has 0 saturated heterocycles. The summed E-state index contributed by atoms with van der Waals surface area (Å²) in [4.78, 5) is 15.3. The third-order valence-electron chi connectivity index (χ3n) is 3.88. The quantitative estimate of drug-likeness (QED) is 0.881. The molecule has 0 atom stereocenters. The van der Waals surface area contributed by atoms with Crippen LogP contribution in [0.2, 0.25) is 0 Å². The van der Waals surface area contributed by atoms with E-state index in [9.17, 15) is 4.79 Å². The number of carbonyl (C=O) groups is 1. The van der Waals surface area contributed by atoms with Gasteiger partial charge in [-0.1, -0.05) is 29.4 Å². The van der Waals surface area contributed by atoms with Crippen molar-refractivity contribution in [3.05, 3.63) is 35.7 Å². The summed E-state index contributed by atoms with van der Waals surface area (Å²) in [6.07, 6.45) is 2.43. The van der Waals surface area contributed by atoms with Crippen molar-refractivity contribution >= 4 is 5.91 Å². The van der Waals surface area contributed by atoms with Gasteiger partial charge in [0.15, 0.2) is 0 Å². The van der Waals surface area contributed by atoms with Crippen LogP contribution in [0.1, 0.15) is 37.1 Å². The second-order valence-electron chi connectivity index (χ2n) is 5.54. The smallest absolute Gasteiger partial charge is 0.230 e. The van der Waals surface area contributed by atoms with Crippen LogP contribution in [0.3, 0.4) is 0 Å². The molecule has 0 bridgehead atoms. The number of carbonyl (C=O) groups excluding carboxylic acids is 1. The number of nitrogens with two attached hydrogens (primary N) is 1. The summed E-state index contributed by atoms with van der Waals surface area (Å²) in [6, 6.07) is 7.45. The summed E-state index contributed by atoms with van der Waals surface area (Å²) in [6.45, 7) is 2.74. The van der Waals surface area contributed by atoms with E-state index in [2.05, 4.69) is 10.1 Å². The zero-order chi connectivity index (χ0) is 15.5. The monoisotopic (exact) mass is 301 g/mol. The standard InChI is InChI=1S/C16H19N3O3/c1-2-21-13-8-12(9-13)16-18-15(19-22-16)11-5-3-10(4-6-11)7-14(17)20/h3-6,12-13H,2,7-9H2,1H3,(H2,17,20). The van der Waals surface area contributed by atoms with Gasteiger partial charge in [0.2, 0.25) is 17.6 Å². The van der Waals surface area contributed by atoms with Crippen molar-refractivity contribution in [2.45, 2.75) is 38.2 Å². The molecule has 0 aliphatic heterocycles. The van der Waals surface area contributed by atoms with Gasteiger partial charge in [-0.2, -0.15) is 4.98 Å². The Morgan fingerprint density at radius 3 is 2.73 bits per heavy atom.